The zero-order valence-electron chi connectivity index (χ0n) is 7.24. The van der Waals surface area contributed by atoms with Gasteiger partial charge in [0, 0.05) is 0 Å². The van der Waals surface area contributed by atoms with Crippen LogP contribution in [-0.4, -0.2) is 19.6 Å². The largest absolute Gasteiger partial charge is 0.493 e. The number of para-hydroxylation sites is 2. The monoisotopic (exact) mass is 180 g/mol. The van der Waals surface area contributed by atoms with Gasteiger partial charge in [-0.2, -0.15) is 0 Å². The summed E-state index contributed by atoms with van der Waals surface area (Å²) in [6, 6.07) is 6.98. The smallest absolute Gasteiger partial charge is 0.276 e. The first-order chi connectivity index (χ1) is 6.24. The molecular weight excluding hydrogens is 170 g/mol. The highest BCUT2D eigenvalue weighted by Crippen LogP contribution is 2.25. The Balaban J connectivity index is 2.69. The third-order valence-corrected chi connectivity index (χ3v) is 1.43. The summed E-state index contributed by atoms with van der Waals surface area (Å²) >= 11 is 0. The lowest BCUT2D eigenvalue weighted by Crippen LogP contribution is -2.11. The third kappa shape index (κ3) is 2.66. The van der Waals surface area contributed by atoms with Gasteiger partial charge in [0.1, 0.15) is 0 Å². The second kappa shape index (κ2) is 4.35. The Morgan fingerprint density at radius 2 is 2.00 bits per heavy atom. The Morgan fingerprint density at radius 3 is 2.54 bits per heavy atom. The Kier molecular flexibility index (Phi) is 3.14. The van der Waals surface area contributed by atoms with E-state index in [0.717, 1.165) is 0 Å². The van der Waals surface area contributed by atoms with E-state index in [1.165, 1.54) is 7.11 Å². The lowest BCUT2D eigenvalue weighted by Gasteiger charge is -2.07. The van der Waals surface area contributed by atoms with Crippen molar-refractivity contribution in [3.8, 4) is 11.5 Å². The van der Waals surface area contributed by atoms with Gasteiger partial charge in [-0.1, -0.05) is 12.1 Å². The Labute approximate surface area is 76.3 Å². The number of carbonyl (C=O) groups excluding carboxylic acids is 1. The van der Waals surface area contributed by atoms with Gasteiger partial charge in [0.2, 0.25) is 0 Å². The summed E-state index contributed by atoms with van der Waals surface area (Å²) in [5.41, 5.74) is 6.65. The average Bonchev–Trinajstić information content (AvgIpc) is 2.15. The molecule has 0 aliphatic heterocycles. The number of hydrogen-bond acceptors (Lipinski definition) is 3. The molecule has 0 saturated carbocycles. The van der Waals surface area contributed by atoms with Crippen LogP contribution in [0.3, 0.4) is 0 Å². The van der Waals surface area contributed by atoms with Crippen molar-refractivity contribution in [3.05, 3.63) is 24.3 Å². The minimum atomic E-state index is -0.758. The molecule has 1 radical (unpaired) electrons. The number of amides is 1. The molecule has 0 heterocycles. The molecule has 1 aromatic rings. The molecular formula is C9H10NO3. The molecule has 0 spiro atoms. The molecule has 4 heteroatoms. The topological polar surface area (TPSA) is 59.3 Å². The van der Waals surface area contributed by atoms with Crippen molar-refractivity contribution in [1.82, 2.24) is 5.73 Å². The van der Waals surface area contributed by atoms with E-state index < -0.39 is 5.91 Å². The number of benzene rings is 1. The molecule has 0 atom stereocenters. The van der Waals surface area contributed by atoms with Crippen LogP contribution < -0.4 is 15.2 Å². The number of methoxy groups -OCH3 is 1. The van der Waals surface area contributed by atoms with Gasteiger partial charge in [-0.15, -0.1) is 0 Å². The van der Waals surface area contributed by atoms with Crippen LogP contribution in [0.15, 0.2) is 24.3 Å². The van der Waals surface area contributed by atoms with Gasteiger partial charge in [-0.25, -0.2) is 0 Å². The predicted molar refractivity (Wildman–Crippen MR) is 46.6 cm³/mol. The predicted octanol–water partition coefficient (Wildman–Crippen LogP) is 0.883. The lowest BCUT2D eigenvalue weighted by molar-refractivity contribution is -0.120. The van der Waals surface area contributed by atoms with Gasteiger partial charge in [0.05, 0.1) is 7.11 Å². The summed E-state index contributed by atoms with van der Waals surface area (Å²) in [5, 5.41) is 0. The summed E-state index contributed by atoms with van der Waals surface area (Å²) in [5.74, 6) is 0.278. The van der Waals surface area contributed by atoms with E-state index in [1.807, 2.05) is 0 Å². The second-order valence-corrected chi connectivity index (χ2v) is 2.36. The molecule has 1 rings (SSSR count). The summed E-state index contributed by atoms with van der Waals surface area (Å²) < 4.78 is 10.0. The van der Waals surface area contributed by atoms with Crippen LogP contribution in [0.5, 0.6) is 11.5 Å². The van der Waals surface area contributed by atoms with Gasteiger partial charge in [0.25, 0.3) is 5.91 Å². The maximum atomic E-state index is 10.3. The third-order valence-electron chi connectivity index (χ3n) is 1.43. The maximum Gasteiger partial charge on any atom is 0.276 e. The molecule has 69 valence electrons. The average molecular weight is 180 g/mol. The molecule has 4 nitrogen and oxygen atoms in total. The summed E-state index contributed by atoms with van der Waals surface area (Å²) in [6.45, 7) is -0.250. The van der Waals surface area contributed by atoms with Crippen molar-refractivity contribution < 1.29 is 14.3 Å². The van der Waals surface area contributed by atoms with E-state index in [2.05, 4.69) is 0 Å². The van der Waals surface area contributed by atoms with E-state index in [-0.39, 0.29) is 6.61 Å². The number of hydrogen-bond donors (Lipinski definition) is 0. The van der Waals surface area contributed by atoms with Crippen molar-refractivity contribution in [2.75, 3.05) is 13.7 Å². The molecule has 0 fully saturated rings. The Hall–Kier alpha value is -1.71. The highest BCUT2D eigenvalue weighted by molar-refractivity contribution is 5.74. The fourth-order valence-electron chi connectivity index (χ4n) is 0.881. The minimum Gasteiger partial charge on any atom is -0.493 e. The van der Waals surface area contributed by atoms with Crippen LogP contribution in [0, 0.1) is 0 Å². The van der Waals surface area contributed by atoms with Crippen molar-refractivity contribution in [2.24, 2.45) is 0 Å². The van der Waals surface area contributed by atoms with Crippen LogP contribution in [0.1, 0.15) is 0 Å². The summed E-state index contributed by atoms with van der Waals surface area (Å²) in [4.78, 5) is 10.3. The van der Waals surface area contributed by atoms with Crippen molar-refractivity contribution in [1.29, 1.82) is 0 Å². The molecule has 13 heavy (non-hydrogen) atoms. The van der Waals surface area contributed by atoms with Crippen molar-refractivity contribution in [2.45, 2.75) is 0 Å². The number of nitrogens with one attached hydrogen (secondary N) is 1. The summed E-state index contributed by atoms with van der Waals surface area (Å²) in [6.07, 6.45) is 0. The van der Waals surface area contributed by atoms with E-state index >= 15 is 0 Å². The van der Waals surface area contributed by atoms with Gasteiger partial charge in [0.15, 0.2) is 18.1 Å². The van der Waals surface area contributed by atoms with Gasteiger partial charge >= 0.3 is 0 Å². The molecule has 1 amide bonds. The highest BCUT2D eigenvalue weighted by Gasteiger charge is 2.03. The molecule has 1 N–H and O–H groups in total. The summed E-state index contributed by atoms with van der Waals surface area (Å²) in [7, 11) is 1.52. The number of carbonyl (C=O) groups is 1. The van der Waals surface area contributed by atoms with E-state index in [0.29, 0.717) is 11.5 Å². The van der Waals surface area contributed by atoms with Gasteiger partial charge < -0.3 is 9.47 Å². The van der Waals surface area contributed by atoms with E-state index in [9.17, 15) is 4.79 Å². The quantitative estimate of drug-likeness (QED) is 0.691. The van der Waals surface area contributed by atoms with Gasteiger partial charge in [-0.3, -0.25) is 10.5 Å². The minimum absolute atomic E-state index is 0.250. The van der Waals surface area contributed by atoms with Crippen LogP contribution >= 0.6 is 0 Å². The Bertz CT molecular complexity index is 299. The molecule has 0 unspecified atom stereocenters. The van der Waals surface area contributed by atoms with Crippen molar-refractivity contribution >= 4 is 5.91 Å². The second-order valence-electron chi connectivity index (χ2n) is 2.36. The zero-order valence-corrected chi connectivity index (χ0v) is 7.24. The standard InChI is InChI=1S/C9H10NO3/c1-12-7-4-2-3-5-8(7)13-6-9(10)11/h2-5,10H,6H2,1H3. The van der Waals surface area contributed by atoms with Crippen molar-refractivity contribution in [3.63, 3.8) is 0 Å². The lowest BCUT2D eigenvalue weighted by atomic mass is 10.3. The highest BCUT2D eigenvalue weighted by atomic mass is 16.5. The molecule has 1 aromatic carbocycles. The number of ether oxygens (including phenoxy) is 2. The maximum absolute atomic E-state index is 10.3. The fourth-order valence-corrected chi connectivity index (χ4v) is 0.881. The fraction of sp³-hybridized carbons (Fsp3) is 0.222. The van der Waals surface area contributed by atoms with Crippen LogP contribution in [-0.2, 0) is 4.79 Å². The van der Waals surface area contributed by atoms with Gasteiger partial charge in [-0.05, 0) is 12.1 Å². The van der Waals surface area contributed by atoms with Crippen LogP contribution in [0.25, 0.3) is 0 Å². The normalized spacial score (nSPS) is 9.31. The first-order valence-corrected chi connectivity index (χ1v) is 3.74. The number of rotatable bonds is 4. The van der Waals surface area contributed by atoms with Crippen LogP contribution in [0.2, 0.25) is 0 Å². The zero-order chi connectivity index (χ0) is 9.68. The molecule has 0 aromatic heterocycles. The first-order valence-electron chi connectivity index (χ1n) is 3.74. The molecule has 0 bridgehead atoms. The van der Waals surface area contributed by atoms with E-state index in [4.69, 9.17) is 15.2 Å². The molecule has 0 aliphatic carbocycles. The molecule has 0 aliphatic rings. The first kappa shape index (κ1) is 9.38. The Morgan fingerprint density at radius 1 is 1.38 bits per heavy atom. The SMILES string of the molecule is COc1ccccc1OCC([NH])=O. The molecule has 0 saturated heterocycles. The van der Waals surface area contributed by atoms with E-state index in [1.54, 1.807) is 24.3 Å². The van der Waals surface area contributed by atoms with Crippen LogP contribution in [0.4, 0.5) is 0 Å².